The molecular formula is C14H20FNO. The molecule has 0 aliphatic heterocycles. The highest BCUT2D eigenvalue weighted by Crippen LogP contribution is 2.41. The maximum Gasteiger partial charge on any atom is 0.123 e. The van der Waals surface area contributed by atoms with Crippen molar-refractivity contribution >= 4 is 0 Å². The number of rotatable bonds is 3. The molecule has 2 rings (SSSR count). The largest absolute Gasteiger partial charge is 0.496 e. The van der Waals surface area contributed by atoms with Crippen LogP contribution < -0.4 is 10.5 Å². The number of halogens is 1. The standard InChI is InChI=1S/C14H20FNO/c1-17-14-7-6-11(15)8-13(14)12-5-3-2-4-10(12)9-16/h6-8,10,12H,2-5,9,16H2,1H3. The van der Waals surface area contributed by atoms with E-state index in [2.05, 4.69) is 0 Å². The smallest absolute Gasteiger partial charge is 0.123 e. The molecule has 1 aliphatic carbocycles. The molecule has 1 aliphatic rings. The van der Waals surface area contributed by atoms with Gasteiger partial charge in [0.2, 0.25) is 0 Å². The SMILES string of the molecule is COc1ccc(F)cc1C1CCCCC1CN. The van der Waals surface area contributed by atoms with Gasteiger partial charge in [-0.25, -0.2) is 4.39 Å². The number of ether oxygens (including phenoxy) is 1. The molecule has 0 amide bonds. The first-order valence-electron chi connectivity index (χ1n) is 6.29. The minimum Gasteiger partial charge on any atom is -0.496 e. The van der Waals surface area contributed by atoms with Crippen molar-refractivity contribution in [3.05, 3.63) is 29.6 Å². The Hall–Kier alpha value is -1.09. The summed E-state index contributed by atoms with van der Waals surface area (Å²) >= 11 is 0. The average molecular weight is 237 g/mol. The predicted octanol–water partition coefficient (Wildman–Crippen LogP) is 3.07. The number of benzene rings is 1. The molecule has 1 aromatic rings. The molecule has 0 aromatic heterocycles. The molecule has 1 fully saturated rings. The maximum atomic E-state index is 13.4. The zero-order valence-electron chi connectivity index (χ0n) is 10.3. The topological polar surface area (TPSA) is 35.2 Å². The lowest BCUT2D eigenvalue weighted by atomic mass is 9.75. The van der Waals surface area contributed by atoms with Gasteiger partial charge in [-0.05, 0) is 49.4 Å². The Morgan fingerprint density at radius 2 is 2.12 bits per heavy atom. The summed E-state index contributed by atoms with van der Waals surface area (Å²) in [7, 11) is 1.64. The van der Waals surface area contributed by atoms with E-state index >= 15 is 0 Å². The van der Waals surface area contributed by atoms with Crippen molar-refractivity contribution in [3.63, 3.8) is 0 Å². The van der Waals surface area contributed by atoms with Gasteiger partial charge in [-0.1, -0.05) is 12.8 Å². The van der Waals surface area contributed by atoms with E-state index in [4.69, 9.17) is 10.5 Å². The molecule has 3 heteroatoms. The third-order valence-electron chi connectivity index (χ3n) is 3.80. The summed E-state index contributed by atoms with van der Waals surface area (Å²) in [6.07, 6.45) is 4.65. The van der Waals surface area contributed by atoms with Crippen LogP contribution in [0.4, 0.5) is 4.39 Å². The molecule has 2 N–H and O–H groups in total. The van der Waals surface area contributed by atoms with Gasteiger partial charge in [0.1, 0.15) is 11.6 Å². The van der Waals surface area contributed by atoms with Crippen LogP contribution in [0.2, 0.25) is 0 Å². The fourth-order valence-corrected chi connectivity index (χ4v) is 2.89. The minimum atomic E-state index is -0.192. The van der Waals surface area contributed by atoms with Crippen LogP contribution in [0.3, 0.4) is 0 Å². The molecular weight excluding hydrogens is 217 g/mol. The van der Waals surface area contributed by atoms with Crippen molar-refractivity contribution in [2.45, 2.75) is 31.6 Å². The molecule has 2 unspecified atom stereocenters. The van der Waals surface area contributed by atoms with Gasteiger partial charge in [0.25, 0.3) is 0 Å². The van der Waals surface area contributed by atoms with Crippen molar-refractivity contribution in [2.75, 3.05) is 13.7 Å². The van der Waals surface area contributed by atoms with Crippen LogP contribution in [-0.4, -0.2) is 13.7 Å². The highest BCUT2D eigenvalue weighted by Gasteiger charge is 2.27. The Bertz CT molecular complexity index is 380. The van der Waals surface area contributed by atoms with E-state index in [0.29, 0.717) is 18.4 Å². The monoisotopic (exact) mass is 237 g/mol. The van der Waals surface area contributed by atoms with Crippen LogP contribution in [0.15, 0.2) is 18.2 Å². The van der Waals surface area contributed by atoms with E-state index in [-0.39, 0.29) is 5.82 Å². The second kappa shape index (κ2) is 5.50. The van der Waals surface area contributed by atoms with Crippen LogP contribution in [0.25, 0.3) is 0 Å². The number of methoxy groups -OCH3 is 1. The van der Waals surface area contributed by atoms with E-state index in [1.54, 1.807) is 19.2 Å². The van der Waals surface area contributed by atoms with Crippen LogP contribution in [-0.2, 0) is 0 Å². The van der Waals surface area contributed by atoms with Crippen LogP contribution in [0.5, 0.6) is 5.75 Å². The zero-order valence-corrected chi connectivity index (χ0v) is 10.3. The van der Waals surface area contributed by atoms with Gasteiger partial charge in [-0.2, -0.15) is 0 Å². The Morgan fingerprint density at radius 1 is 1.35 bits per heavy atom. The molecule has 17 heavy (non-hydrogen) atoms. The lowest BCUT2D eigenvalue weighted by Crippen LogP contribution is -2.25. The lowest BCUT2D eigenvalue weighted by Gasteiger charge is -2.31. The van der Waals surface area contributed by atoms with Gasteiger partial charge in [0.15, 0.2) is 0 Å². The van der Waals surface area contributed by atoms with Gasteiger partial charge in [0.05, 0.1) is 7.11 Å². The highest BCUT2D eigenvalue weighted by molar-refractivity contribution is 5.37. The van der Waals surface area contributed by atoms with Crippen LogP contribution in [0, 0.1) is 11.7 Å². The lowest BCUT2D eigenvalue weighted by molar-refractivity contribution is 0.303. The molecule has 0 radical (unpaired) electrons. The number of nitrogens with two attached hydrogens (primary N) is 1. The van der Waals surface area contributed by atoms with E-state index in [0.717, 1.165) is 24.2 Å². The summed E-state index contributed by atoms with van der Waals surface area (Å²) in [6, 6.07) is 4.77. The van der Waals surface area contributed by atoms with Crippen molar-refractivity contribution < 1.29 is 9.13 Å². The molecule has 2 nitrogen and oxygen atoms in total. The van der Waals surface area contributed by atoms with E-state index in [9.17, 15) is 4.39 Å². The van der Waals surface area contributed by atoms with Crippen molar-refractivity contribution in [1.29, 1.82) is 0 Å². The quantitative estimate of drug-likeness (QED) is 0.876. The van der Waals surface area contributed by atoms with Crippen molar-refractivity contribution in [2.24, 2.45) is 11.7 Å². The summed E-state index contributed by atoms with van der Waals surface area (Å²) < 4.78 is 18.7. The summed E-state index contributed by atoms with van der Waals surface area (Å²) in [6.45, 7) is 0.671. The molecule has 0 saturated heterocycles. The minimum absolute atomic E-state index is 0.192. The van der Waals surface area contributed by atoms with Gasteiger partial charge < -0.3 is 10.5 Å². The van der Waals surface area contributed by atoms with E-state index < -0.39 is 0 Å². The molecule has 1 aromatic carbocycles. The van der Waals surface area contributed by atoms with Crippen LogP contribution >= 0.6 is 0 Å². The van der Waals surface area contributed by atoms with Gasteiger partial charge in [-0.15, -0.1) is 0 Å². The second-order valence-corrected chi connectivity index (χ2v) is 4.77. The average Bonchev–Trinajstić information content (AvgIpc) is 2.38. The van der Waals surface area contributed by atoms with Gasteiger partial charge in [-0.3, -0.25) is 0 Å². The molecule has 1 saturated carbocycles. The van der Waals surface area contributed by atoms with Gasteiger partial charge >= 0.3 is 0 Å². The van der Waals surface area contributed by atoms with Crippen LogP contribution in [0.1, 0.15) is 37.2 Å². The number of hydrogen-bond donors (Lipinski definition) is 1. The summed E-state index contributed by atoms with van der Waals surface area (Å²) in [4.78, 5) is 0. The van der Waals surface area contributed by atoms with E-state index in [1.165, 1.54) is 18.9 Å². The second-order valence-electron chi connectivity index (χ2n) is 4.77. The fraction of sp³-hybridized carbons (Fsp3) is 0.571. The molecule has 0 spiro atoms. The molecule has 94 valence electrons. The zero-order chi connectivity index (χ0) is 12.3. The fourth-order valence-electron chi connectivity index (χ4n) is 2.89. The Labute approximate surface area is 102 Å². The molecule has 0 bridgehead atoms. The highest BCUT2D eigenvalue weighted by atomic mass is 19.1. The first kappa shape index (κ1) is 12.4. The first-order chi connectivity index (χ1) is 8.26. The number of hydrogen-bond acceptors (Lipinski definition) is 2. The van der Waals surface area contributed by atoms with Gasteiger partial charge in [0, 0.05) is 5.56 Å². The van der Waals surface area contributed by atoms with Crippen molar-refractivity contribution in [1.82, 2.24) is 0 Å². The van der Waals surface area contributed by atoms with Crippen molar-refractivity contribution in [3.8, 4) is 5.75 Å². The Morgan fingerprint density at radius 3 is 2.82 bits per heavy atom. The Kier molecular flexibility index (Phi) is 4.00. The summed E-state index contributed by atoms with van der Waals surface area (Å²) in [5.74, 6) is 1.40. The van der Waals surface area contributed by atoms with E-state index in [1.807, 2.05) is 0 Å². The predicted molar refractivity (Wildman–Crippen MR) is 66.7 cm³/mol. The third kappa shape index (κ3) is 2.60. The maximum absolute atomic E-state index is 13.4. The molecule has 2 atom stereocenters. The Balaban J connectivity index is 2.33. The summed E-state index contributed by atoms with van der Waals surface area (Å²) in [5, 5.41) is 0. The normalized spacial score (nSPS) is 24.6. The molecule has 0 heterocycles. The first-order valence-corrected chi connectivity index (χ1v) is 6.29. The third-order valence-corrected chi connectivity index (χ3v) is 3.80. The summed E-state index contributed by atoms with van der Waals surface area (Å²) in [5.41, 5.74) is 6.81.